The fourth-order valence-corrected chi connectivity index (χ4v) is 2.72. The number of esters is 1. The minimum absolute atomic E-state index is 0.169. The first kappa shape index (κ1) is 23.0. The standard InChI is InChI=1S/C24H29NO5/c1-5-29-23(27)24(2,3)30-20-13-10-18(11-14-20)16-17-25-22(26)15-12-19-8-6-7-9-21(19)28-4/h6-15H,5,16-17H2,1-4H3,(H,25,26). The largest absolute Gasteiger partial charge is 0.496 e. The normalized spacial score (nSPS) is 11.2. The Balaban J connectivity index is 1.82. The fraction of sp³-hybridized carbons (Fsp3) is 0.333. The second-order valence-corrected chi connectivity index (χ2v) is 7.09. The van der Waals surface area contributed by atoms with Crippen LogP contribution in [0.15, 0.2) is 54.6 Å². The highest BCUT2D eigenvalue weighted by Crippen LogP contribution is 2.21. The zero-order valence-corrected chi connectivity index (χ0v) is 17.9. The minimum atomic E-state index is -1.06. The van der Waals surface area contributed by atoms with Gasteiger partial charge in [-0.05, 0) is 57.0 Å². The number of carbonyl (C=O) groups excluding carboxylic acids is 2. The molecule has 0 aliphatic rings. The Labute approximate surface area is 177 Å². The Morgan fingerprint density at radius 2 is 1.77 bits per heavy atom. The number of para-hydroxylation sites is 1. The van der Waals surface area contributed by atoms with Crippen LogP contribution in [0.4, 0.5) is 0 Å². The molecule has 0 bridgehead atoms. The SMILES string of the molecule is CCOC(=O)C(C)(C)Oc1ccc(CCNC(=O)C=Cc2ccccc2OC)cc1. The lowest BCUT2D eigenvalue weighted by Gasteiger charge is -2.24. The van der Waals surface area contributed by atoms with Gasteiger partial charge in [0.05, 0.1) is 13.7 Å². The van der Waals surface area contributed by atoms with E-state index in [1.165, 1.54) is 6.08 Å². The first-order valence-corrected chi connectivity index (χ1v) is 9.90. The first-order valence-electron chi connectivity index (χ1n) is 9.90. The van der Waals surface area contributed by atoms with Crippen LogP contribution in [0, 0.1) is 0 Å². The summed E-state index contributed by atoms with van der Waals surface area (Å²) in [5.41, 5.74) is 0.834. The number of amides is 1. The van der Waals surface area contributed by atoms with E-state index in [4.69, 9.17) is 14.2 Å². The van der Waals surface area contributed by atoms with Crippen molar-refractivity contribution >= 4 is 18.0 Å². The lowest BCUT2D eigenvalue weighted by atomic mass is 10.1. The zero-order chi connectivity index (χ0) is 22.0. The molecule has 6 heteroatoms. The molecule has 0 saturated carbocycles. The summed E-state index contributed by atoms with van der Waals surface area (Å²) in [7, 11) is 1.60. The van der Waals surface area contributed by atoms with E-state index in [0.29, 0.717) is 25.3 Å². The van der Waals surface area contributed by atoms with E-state index < -0.39 is 11.6 Å². The summed E-state index contributed by atoms with van der Waals surface area (Å²) in [5, 5.41) is 2.86. The Hall–Kier alpha value is -3.28. The molecule has 0 aliphatic carbocycles. The minimum Gasteiger partial charge on any atom is -0.496 e. The summed E-state index contributed by atoms with van der Waals surface area (Å²) >= 11 is 0. The van der Waals surface area contributed by atoms with Gasteiger partial charge in [0.15, 0.2) is 5.60 Å². The van der Waals surface area contributed by atoms with Crippen LogP contribution >= 0.6 is 0 Å². The third-order valence-corrected chi connectivity index (χ3v) is 4.33. The van der Waals surface area contributed by atoms with Crippen molar-refractivity contribution in [3.63, 3.8) is 0 Å². The monoisotopic (exact) mass is 411 g/mol. The van der Waals surface area contributed by atoms with Crippen LogP contribution in [-0.2, 0) is 20.7 Å². The number of methoxy groups -OCH3 is 1. The van der Waals surface area contributed by atoms with E-state index in [-0.39, 0.29) is 5.91 Å². The van der Waals surface area contributed by atoms with Crippen molar-refractivity contribution in [3.8, 4) is 11.5 Å². The highest BCUT2D eigenvalue weighted by atomic mass is 16.6. The van der Waals surface area contributed by atoms with Gasteiger partial charge in [0.2, 0.25) is 5.91 Å². The van der Waals surface area contributed by atoms with Gasteiger partial charge in [-0.15, -0.1) is 0 Å². The number of rotatable bonds is 10. The van der Waals surface area contributed by atoms with Crippen molar-refractivity contribution in [1.82, 2.24) is 5.32 Å². The van der Waals surface area contributed by atoms with Crippen molar-refractivity contribution in [1.29, 1.82) is 0 Å². The lowest BCUT2D eigenvalue weighted by Crippen LogP contribution is -2.39. The molecular formula is C24H29NO5. The van der Waals surface area contributed by atoms with Crippen molar-refractivity contribution < 1.29 is 23.8 Å². The van der Waals surface area contributed by atoms with Crippen LogP contribution < -0.4 is 14.8 Å². The summed E-state index contributed by atoms with van der Waals surface area (Å²) in [6.07, 6.45) is 3.90. The molecule has 0 aliphatic heterocycles. The number of carbonyl (C=O) groups is 2. The quantitative estimate of drug-likeness (QED) is 0.476. The van der Waals surface area contributed by atoms with E-state index in [1.54, 1.807) is 46.1 Å². The molecule has 0 radical (unpaired) electrons. The van der Waals surface area contributed by atoms with Crippen molar-refractivity contribution in [2.45, 2.75) is 32.8 Å². The van der Waals surface area contributed by atoms with Crippen LogP contribution in [0.5, 0.6) is 11.5 Å². The van der Waals surface area contributed by atoms with E-state index in [9.17, 15) is 9.59 Å². The molecule has 0 atom stereocenters. The third kappa shape index (κ3) is 6.95. The predicted octanol–water partition coefficient (Wildman–Crippen LogP) is 3.79. The Morgan fingerprint density at radius 3 is 2.43 bits per heavy atom. The van der Waals surface area contributed by atoms with Crippen molar-refractivity contribution in [2.75, 3.05) is 20.3 Å². The third-order valence-electron chi connectivity index (χ3n) is 4.33. The molecule has 0 aromatic heterocycles. The molecule has 0 unspecified atom stereocenters. The highest BCUT2D eigenvalue weighted by molar-refractivity contribution is 5.92. The molecule has 0 saturated heterocycles. The molecule has 2 aromatic rings. The van der Waals surface area contributed by atoms with Crippen LogP contribution in [-0.4, -0.2) is 37.7 Å². The number of ether oxygens (including phenoxy) is 3. The van der Waals surface area contributed by atoms with E-state index in [1.807, 2.05) is 36.4 Å². The summed E-state index contributed by atoms with van der Waals surface area (Å²) in [5.74, 6) is 0.727. The molecule has 2 aromatic carbocycles. The van der Waals surface area contributed by atoms with E-state index >= 15 is 0 Å². The number of hydrogen-bond donors (Lipinski definition) is 1. The van der Waals surface area contributed by atoms with Gasteiger partial charge in [0.25, 0.3) is 0 Å². The number of benzene rings is 2. The maximum absolute atomic E-state index is 12.0. The molecule has 160 valence electrons. The fourth-order valence-electron chi connectivity index (χ4n) is 2.72. The number of hydrogen-bond acceptors (Lipinski definition) is 5. The Kier molecular flexibility index (Phi) is 8.47. The average molecular weight is 411 g/mol. The van der Waals surface area contributed by atoms with Gasteiger partial charge < -0.3 is 19.5 Å². The van der Waals surface area contributed by atoms with Gasteiger partial charge in [-0.25, -0.2) is 4.79 Å². The van der Waals surface area contributed by atoms with Gasteiger partial charge in [0.1, 0.15) is 11.5 Å². The maximum Gasteiger partial charge on any atom is 0.349 e. The molecule has 0 fully saturated rings. The highest BCUT2D eigenvalue weighted by Gasteiger charge is 2.31. The molecule has 1 N–H and O–H groups in total. The molecular weight excluding hydrogens is 382 g/mol. The predicted molar refractivity (Wildman–Crippen MR) is 117 cm³/mol. The van der Waals surface area contributed by atoms with E-state index in [2.05, 4.69) is 5.32 Å². The van der Waals surface area contributed by atoms with Crippen LogP contribution in [0.3, 0.4) is 0 Å². The van der Waals surface area contributed by atoms with Crippen LogP contribution in [0.1, 0.15) is 31.9 Å². The topological polar surface area (TPSA) is 73.9 Å². The lowest BCUT2D eigenvalue weighted by molar-refractivity contribution is -0.158. The van der Waals surface area contributed by atoms with Gasteiger partial charge in [0, 0.05) is 18.2 Å². The smallest absolute Gasteiger partial charge is 0.349 e. The second kappa shape index (κ2) is 11.0. The summed E-state index contributed by atoms with van der Waals surface area (Å²) < 4.78 is 16.0. The summed E-state index contributed by atoms with van der Waals surface area (Å²) in [6, 6.07) is 14.9. The molecule has 0 spiro atoms. The zero-order valence-electron chi connectivity index (χ0n) is 17.9. The number of nitrogens with one attached hydrogen (secondary N) is 1. The van der Waals surface area contributed by atoms with E-state index in [0.717, 1.165) is 16.9 Å². The maximum atomic E-state index is 12.0. The molecule has 1 amide bonds. The summed E-state index contributed by atoms with van der Waals surface area (Å²) in [4.78, 5) is 24.0. The average Bonchev–Trinajstić information content (AvgIpc) is 2.73. The van der Waals surface area contributed by atoms with Gasteiger partial charge in [-0.2, -0.15) is 0 Å². The van der Waals surface area contributed by atoms with Crippen molar-refractivity contribution in [3.05, 3.63) is 65.7 Å². The molecule has 6 nitrogen and oxygen atoms in total. The van der Waals surface area contributed by atoms with Crippen LogP contribution in [0.25, 0.3) is 6.08 Å². The van der Waals surface area contributed by atoms with Gasteiger partial charge in [-0.1, -0.05) is 30.3 Å². The van der Waals surface area contributed by atoms with Gasteiger partial charge in [-0.3, -0.25) is 4.79 Å². The Bertz CT molecular complexity index is 871. The summed E-state index contributed by atoms with van der Waals surface area (Å²) in [6.45, 7) is 5.92. The van der Waals surface area contributed by atoms with Gasteiger partial charge >= 0.3 is 5.97 Å². The van der Waals surface area contributed by atoms with Crippen molar-refractivity contribution in [2.24, 2.45) is 0 Å². The van der Waals surface area contributed by atoms with Crippen LogP contribution in [0.2, 0.25) is 0 Å². The Morgan fingerprint density at radius 1 is 1.07 bits per heavy atom. The molecule has 0 heterocycles. The molecule has 30 heavy (non-hydrogen) atoms. The molecule has 2 rings (SSSR count). The first-order chi connectivity index (χ1) is 14.4. The second-order valence-electron chi connectivity index (χ2n) is 7.09.